The highest BCUT2D eigenvalue weighted by Crippen LogP contribution is 2.41. The number of hydrogen-bond acceptors (Lipinski definition) is 4. The highest BCUT2D eigenvalue weighted by molar-refractivity contribution is 14.1. The quantitative estimate of drug-likeness (QED) is 0.425. The number of rotatable bonds is 2. The van der Waals surface area contributed by atoms with Crippen LogP contribution in [0.3, 0.4) is 0 Å². The van der Waals surface area contributed by atoms with Gasteiger partial charge in [0.05, 0.1) is 19.1 Å². The van der Waals surface area contributed by atoms with Crippen molar-refractivity contribution >= 4 is 40.7 Å². The van der Waals surface area contributed by atoms with Crippen LogP contribution in [0.1, 0.15) is 23.6 Å². The molecular weight excluding hydrogens is 397 g/mol. The number of methoxy groups -OCH3 is 1. The number of ether oxygens (including phenoxy) is 2. The van der Waals surface area contributed by atoms with E-state index in [1.54, 1.807) is 6.20 Å². The van der Waals surface area contributed by atoms with Crippen LogP contribution in [0.15, 0.2) is 30.5 Å². The Kier molecular flexibility index (Phi) is 4.37. The maximum atomic E-state index is 12.3. The second kappa shape index (κ2) is 6.28. The van der Waals surface area contributed by atoms with Gasteiger partial charge in [-0.1, -0.05) is 46.9 Å². The number of alkyl halides is 1. The molecule has 6 heteroatoms. The first-order valence-electron chi connectivity index (χ1n) is 7.05. The highest BCUT2D eigenvalue weighted by atomic mass is 127. The van der Waals surface area contributed by atoms with E-state index in [1.165, 1.54) is 12.0 Å². The molecule has 3 unspecified atom stereocenters. The Balaban J connectivity index is 2.01. The normalized spacial score (nSPS) is 26.5. The molecule has 1 amide bonds. The van der Waals surface area contributed by atoms with Gasteiger partial charge in [0.2, 0.25) is 0 Å². The predicted molar refractivity (Wildman–Crippen MR) is 89.3 cm³/mol. The third kappa shape index (κ3) is 2.60. The van der Waals surface area contributed by atoms with E-state index in [1.807, 2.05) is 30.3 Å². The van der Waals surface area contributed by atoms with Gasteiger partial charge in [-0.3, -0.25) is 9.69 Å². The van der Waals surface area contributed by atoms with E-state index >= 15 is 0 Å². The van der Waals surface area contributed by atoms with E-state index in [9.17, 15) is 9.59 Å². The molecule has 2 heterocycles. The fraction of sp³-hybridized carbons (Fsp3) is 0.375. The molecule has 1 aromatic carbocycles. The smallest absolute Gasteiger partial charge is 0.414 e. The van der Waals surface area contributed by atoms with Crippen molar-refractivity contribution in [3.8, 4) is 0 Å². The van der Waals surface area contributed by atoms with Crippen molar-refractivity contribution < 1.29 is 19.1 Å². The predicted octanol–water partition coefficient (Wildman–Crippen LogP) is 3.15. The van der Waals surface area contributed by atoms with Crippen molar-refractivity contribution in [1.29, 1.82) is 0 Å². The molecule has 0 aliphatic carbocycles. The highest BCUT2D eigenvalue weighted by Gasteiger charge is 2.45. The summed E-state index contributed by atoms with van der Waals surface area (Å²) >= 11 is 2.21. The van der Waals surface area contributed by atoms with E-state index < -0.39 is 6.09 Å². The molecule has 1 fully saturated rings. The summed E-state index contributed by atoms with van der Waals surface area (Å²) in [6.45, 7) is 0. The lowest BCUT2D eigenvalue weighted by molar-refractivity contribution is -0.144. The first-order chi connectivity index (χ1) is 10.7. The zero-order valence-corrected chi connectivity index (χ0v) is 14.2. The fourth-order valence-electron chi connectivity index (χ4n) is 3.06. The summed E-state index contributed by atoms with van der Waals surface area (Å²) < 4.78 is 11.0. The Morgan fingerprint density at radius 3 is 2.91 bits per heavy atom. The number of benzene rings is 1. The van der Waals surface area contributed by atoms with E-state index in [2.05, 4.69) is 22.6 Å². The average molecular weight is 413 g/mol. The van der Waals surface area contributed by atoms with E-state index in [0.29, 0.717) is 6.42 Å². The fourth-order valence-corrected chi connectivity index (χ4v) is 3.60. The van der Waals surface area contributed by atoms with Gasteiger partial charge in [0.1, 0.15) is 6.10 Å². The monoisotopic (exact) mass is 413 g/mol. The van der Waals surface area contributed by atoms with Gasteiger partial charge >= 0.3 is 12.1 Å². The number of carbonyl (C=O) groups excluding carboxylic acids is 2. The van der Waals surface area contributed by atoms with Crippen molar-refractivity contribution in [1.82, 2.24) is 4.90 Å². The number of carbonyl (C=O) groups is 2. The number of amides is 1. The number of fused-ring (bicyclic) bond motifs is 1. The SMILES string of the molecule is COC(=O)N1C=Cc2ccccc2C1C1CC(CI)OC1=O. The maximum absolute atomic E-state index is 12.3. The molecule has 1 saturated heterocycles. The standard InChI is InChI=1S/C16H16INO4/c1-21-16(20)18-7-6-10-4-2-3-5-12(10)14(18)13-8-11(9-17)22-15(13)19/h2-7,11,13-14H,8-9H2,1H3. The van der Waals surface area contributed by atoms with Crippen molar-refractivity contribution in [3.63, 3.8) is 0 Å². The number of cyclic esters (lactones) is 1. The van der Waals surface area contributed by atoms with Crippen LogP contribution in [-0.4, -0.2) is 34.6 Å². The summed E-state index contributed by atoms with van der Waals surface area (Å²) in [5.74, 6) is -0.615. The minimum Gasteiger partial charge on any atom is -0.461 e. The maximum Gasteiger partial charge on any atom is 0.414 e. The molecule has 0 N–H and O–H groups in total. The summed E-state index contributed by atoms with van der Waals surface area (Å²) in [7, 11) is 1.34. The number of halogens is 1. The zero-order valence-electron chi connectivity index (χ0n) is 12.1. The molecule has 3 atom stereocenters. The Morgan fingerprint density at radius 2 is 2.23 bits per heavy atom. The van der Waals surface area contributed by atoms with Crippen LogP contribution in [0.5, 0.6) is 0 Å². The Morgan fingerprint density at radius 1 is 1.45 bits per heavy atom. The molecule has 0 bridgehead atoms. The number of nitrogens with zero attached hydrogens (tertiary/aromatic N) is 1. The van der Waals surface area contributed by atoms with E-state index in [-0.39, 0.29) is 24.0 Å². The molecule has 5 nitrogen and oxygen atoms in total. The summed E-state index contributed by atoms with van der Waals surface area (Å²) in [5, 5.41) is 0. The largest absolute Gasteiger partial charge is 0.461 e. The molecule has 0 aromatic heterocycles. The molecule has 0 spiro atoms. The molecule has 22 heavy (non-hydrogen) atoms. The van der Waals surface area contributed by atoms with Crippen LogP contribution in [-0.2, 0) is 14.3 Å². The van der Waals surface area contributed by atoms with Gasteiger partial charge in [-0.15, -0.1) is 0 Å². The molecule has 2 aliphatic heterocycles. The third-order valence-electron chi connectivity index (χ3n) is 4.07. The van der Waals surface area contributed by atoms with E-state index in [0.717, 1.165) is 15.6 Å². The van der Waals surface area contributed by atoms with Crippen molar-refractivity contribution in [3.05, 3.63) is 41.6 Å². The van der Waals surface area contributed by atoms with Crippen LogP contribution in [0, 0.1) is 5.92 Å². The third-order valence-corrected chi connectivity index (χ3v) is 5.05. The van der Waals surface area contributed by atoms with Crippen LogP contribution in [0.4, 0.5) is 4.79 Å². The second-order valence-electron chi connectivity index (χ2n) is 5.32. The van der Waals surface area contributed by atoms with Crippen molar-refractivity contribution in [2.24, 2.45) is 5.92 Å². The van der Waals surface area contributed by atoms with Gasteiger partial charge in [0, 0.05) is 17.0 Å². The summed E-state index contributed by atoms with van der Waals surface area (Å²) in [6.07, 6.45) is 3.60. The molecule has 0 radical (unpaired) electrons. The minimum absolute atomic E-state index is 0.0873. The Hall–Kier alpha value is -1.57. The van der Waals surface area contributed by atoms with Gasteiger partial charge in [-0.05, 0) is 17.2 Å². The molecule has 116 valence electrons. The summed E-state index contributed by atoms with van der Waals surface area (Å²) in [5.41, 5.74) is 1.96. The minimum atomic E-state index is -0.471. The lowest BCUT2D eigenvalue weighted by Crippen LogP contribution is -2.38. The van der Waals surface area contributed by atoms with Gasteiger partial charge in [0.15, 0.2) is 0 Å². The molecular formula is C16H16INO4. The Labute approximate surface area is 142 Å². The molecule has 0 saturated carbocycles. The summed E-state index contributed by atoms with van der Waals surface area (Å²) in [4.78, 5) is 25.9. The van der Waals surface area contributed by atoms with Crippen LogP contribution < -0.4 is 0 Å². The van der Waals surface area contributed by atoms with Crippen LogP contribution >= 0.6 is 22.6 Å². The van der Waals surface area contributed by atoms with Gasteiger partial charge in [0.25, 0.3) is 0 Å². The van der Waals surface area contributed by atoms with Gasteiger partial charge < -0.3 is 9.47 Å². The van der Waals surface area contributed by atoms with Crippen LogP contribution in [0.2, 0.25) is 0 Å². The lowest BCUT2D eigenvalue weighted by atomic mass is 9.85. The topological polar surface area (TPSA) is 55.8 Å². The average Bonchev–Trinajstić information content (AvgIpc) is 2.93. The van der Waals surface area contributed by atoms with Crippen molar-refractivity contribution in [2.45, 2.75) is 18.6 Å². The second-order valence-corrected chi connectivity index (χ2v) is 6.20. The number of hydrogen-bond donors (Lipinski definition) is 0. The Bertz CT molecular complexity index is 630. The first kappa shape index (κ1) is 15.3. The first-order valence-corrected chi connectivity index (χ1v) is 8.58. The lowest BCUT2D eigenvalue weighted by Gasteiger charge is -2.34. The van der Waals surface area contributed by atoms with E-state index in [4.69, 9.17) is 9.47 Å². The summed E-state index contributed by atoms with van der Waals surface area (Å²) in [6, 6.07) is 7.40. The van der Waals surface area contributed by atoms with Crippen molar-refractivity contribution in [2.75, 3.05) is 11.5 Å². The number of esters is 1. The molecule has 3 rings (SSSR count). The van der Waals surface area contributed by atoms with Gasteiger partial charge in [-0.2, -0.15) is 0 Å². The zero-order chi connectivity index (χ0) is 15.7. The molecule has 2 aliphatic rings. The van der Waals surface area contributed by atoms with Gasteiger partial charge in [-0.25, -0.2) is 4.79 Å². The molecule has 1 aromatic rings. The van der Waals surface area contributed by atoms with Crippen LogP contribution in [0.25, 0.3) is 6.08 Å².